The molecule has 4 rings (SSSR count). The van der Waals surface area contributed by atoms with Crippen molar-refractivity contribution in [3.63, 3.8) is 0 Å². The van der Waals surface area contributed by atoms with Crippen LogP contribution in [0.2, 0.25) is 0 Å². The predicted octanol–water partition coefficient (Wildman–Crippen LogP) is 3.51. The molecule has 0 spiro atoms. The van der Waals surface area contributed by atoms with Crippen LogP contribution in [0.5, 0.6) is 5.75 Å². The molecule has 0 bridgehead atoms. The summed E-state index contributed by atoms with van der Waals surface area (Å²) >= 11 is 0. The highest BCUT2D eigenvalue weighted by Gasteiger charge is 2.43. The fourth-order valence-corrected chi connectivity index (χ4v) is 3.22. The van der Waals surface area contributed by atoms with E-state index in [4.69, 9.17) is 4.74 Å². The quantitative estimate of drug-likeness (QED) is 0.717. The zero-order valence-corrected chi connectivity index (χ0v) is 14.6. The van der Waals surface area contributed by atoms with Gasteiger partial charge in [0.05, 0.1) is 25.5 Å². The number of hydrogen-bond acceptors (Lipinski definition) is 3. The molecule has 1 aliphatic rings. The van der Waals surface area contributed by atoms with Crippen LogP contribution < -0.4 is 10.1 Å². The minimum Gasteiger partial charge on any atom is -0.497 e. The van der Waals surface area contributed by atoms with Crippen LogP contribution >= 0.6 is 0 Å². The number of H-pyrrole nitrogens is 1. The topological polar surface area (TPSA) is 67.0 Å². The molecular formula is C21H21N3O2. The zero-order valence-electron chi connectivity index (χ0n) is 14.6. The number of rotatable bonds is 6. The van der Waals surface area contributed by atoms with Crippen LogP contribution in [0.1, 0.15) is 23.7 Å². The number of aromatic nitrogens is 2. The van der Waals surface area contributed by atoms with Crippen molar-refractivity contribution in [3.8, 4) is 17.0 Å². The fourth-order valence-electron chi connectivity index (χ4n) is 3.22. The average molecular weight is 347 g/mol. The van der Waals surface area contributed by atoms with Crippen molar-refractivity contribution in [1.82, 2.24) is 15.3 Å². The van der Waals surface area contributed by atoms with Crippen LogP contribution in [0.15, 0.2) is 60.8 Å². The highest BCUT2D eigenvalue weighted by Crippen LogP contribution is 2.47. The summed E-state index contributed by atoms with van der Waals surface area (Å²) in [5.41, 5.74) is 3.23. The number of imidazole rings is 1. The Morgan fingerprint density at radius 3 is 2.69 bits per heavy atom. The van der Waals surface area contributed by atoms with Crippen molar-refractivity contribution < 1.29 is 9.53 Å². The highest BCUT2D eigenvalue weighted by atomic mass is 16.5. The Hall–Kier alpha value is -3.08. The van der Waals surface area contributed by atoms with Gasteiger partial charge in [-0.05, 0) is 35.6 Å². The standard InChI is InChI=1S/C21H21N3O2/c1-26-16-9-7-14(8-10-16)17-11-18(17)21(25)23-13-20-22-12-19(24-20)15-5-3-2-4-6-15/h2-10,12,17-18H,11,13H2,1H3,(H,22,24)(H,23,25). The van der Waals surface area contributed by atoms with Gasteiger partial charge in [0, 0.05) is 5.92 Å². The smallest absolute Gasteiger partial charge is 0.224 e. The molecule has 1 fully saturated rings. The van der Waals surface area contributed by atoms with E-state index in [0.717, 1.165) is 29.3 Å². The van der Waals surface area contributed by atoms with Gasteiger partial charge in [-0.3, -0.25) is 4.79 Å². The van der Waals surface area contributed by atoms with Gasteiger partial charge in [0.1, 0.15) is 11.6 Å². The van der Waals surface area contributed by atoms with E-state index in [1.807, 2.05) is 54.6 Å². The molecular weight excluding hydrogens is 326 g/mol. The van der Waals surface area contributed by atoms with Gasteiger partial charge in [-0.2, -0.15) is 0 Å². The number of carbonyl (C=O) groups excluding carboxylic acids is 1. The van der Waals surface area contributed by atoms with Gasteiger partial charge < -0.3 is 15.0 Å². The van der Waals surface area contributed by atoms with Crippen LogP contribution in [-0.2, 0) is 11.3 Å². The number of aromatic amines is 1. The second kappa shape index (κ2) is 7.04. The lowest BCUT2D eigenvalue weighted by Crippen LogP contribution is -2.25. The molecule has 1 saturated carbocycles. The lowest BCUT2D eigenvalue weighted by molar-refractivity contribution is -0.122. The molecule has 2 unspecified atom stereocenters. The van der Waals surface area contributed by atoms with E-state index < -0.39 is 0 Å². The van der Waals surface area contributed by atoms with E-state index in [-0.39, 0.29) is 11.8 Å². The van der Waals surface area contributed by atoms with Crippen molar-refractivity contribution in [2.75, 3.05) is 7.11 Å². The number of nitrogens with one attached hydrogen (secondary N) is 2. The second-order valence-electron chi connectivity index (χ2n) is 6.55. The second-order valence-corrected chi connectivity index (χ2v) is 6.55. The number of ether oxygens (including phenoxy) is 1. The maximum absolute atomic E-state index is 12.4. The van der Waals surface area contributed by atoms with Crippen molar-refractivity contribution in [1.29, 1.82) is 0 Å². The van der Waals surface area contributed by atoms with E-state index in [0.29, 0.717) is 12.5 Å². The molecule has 2 atom stereocenters. The normalized spacial score (nSPS) is 18.3. The molecule has 1 heterocycles. The zero-order chi connectivity index (χ0) is 17.9. The summed E-state index contributed by atoms with van der Waals surface area (Å²) in [4.78, 5) is 20.0. The Balaban J connectivity index is 1.31. The Kier molecular flexibility index (Phi) is 4.44. The van der Waals surface area contributed by atoms with Gasteiger partial charge in [-0.1, -0.05) is 42.5 Å². The average Bonchev–Trinajstić information content (AvgIpc) is 3.36. The number of hydrogen-bond donors (Lipinski definition) is 2. The molecule has 2 aromatic carbocycles. The first-order chi connectivity index (χ1) is 12.7. The van der Waals surface area contributed by atoms with Crippen molar-refractivity contribution in [2.24, 2.45) is 5.92 Å². The third-order valence-electron chi connectivity index (χ3n) is 4.81. The van der Waals surface area contributed by atoms with Crippen molar-refractivity contribution >= 4 is 5.91 Å². The van der Waals surface area contributed by atoms with Gasteiger partial charge in [0.15, 0.2) is 0 Å². The lowest BCUT2D eigenvalue weighted by atomic mass is 10.1. The molecule has 1 aliphatic carbocycles. The summed E-state index contributed by atoms with van der Waals surface area (Å²) in [5.74, 6) is 2.04. The van der Waals surface area contributed by atoms with Crippen LogP contribution in [-0.4, -0.2) is 23.0 Å². The molecule has 0 radical (unpaired) electrons. The van der Waals surface area contributed by atoms with E-state index in [2.05, 4.69) is 15.3 Å². The summed E-state index contributed by atoms with van der Waals surface area (Å²) in [5, 5.41) is 2.99. The molecule has 0 aliphatic heterocycles. The minimum absolute atomic E-state index is 0.0481. The SMILES string of the molecule is COc1ccc(C2CC2C(=O)NCc2ncc(-c3ccccc3)[nH]2)cc1. The van der Waals surface area contributed by atoms with Gasteiger partial charge in [-0.15, -0.1) is 0 Å². The summed E-state index contributed by atoms with van der Waals surface area (Å²) in [6.45, 7) is 0.414. The maximum Gasteiger partial charge on any atom is 0.224 e. The number of carbonyl (C=O) groups is 1. The third kappa shape index (κ3) is 3.47. The molecule has 26 heavy (non-hydrogen) atoms. The van der Waals surface area contributed by atoms with E-state index >= 15 is 0 Å². The fraction of sp³-hybridized carbons (Fsp3) is 0.238. The van der Waals surface area contributed by atoms with Crippen molar-refractivity contribution in [2.45, 2.75) is 18.9 Å². The van der Waals surface area contributed by atoms with E-state index in [9.17, 15) is 4.79 Å². The van der Waals surface area contributed by atoms with E-state index in [1.165, 1.54) is 5.56 Å². The Morgan fingerprint density at radius 2 is 1.96 bits per heavy atom. The first-order valence-corrected chi connectivity index (χ1v) is 8.75. The largest absolute Gasteiger partial charge is 0.497 e. The first kappa shape index (κ1) is 16.4. The highest BCUT2D eigenvalue weighted by molar-refractivity contribution is 5.82. The molecule has 1 amide bonds. The number of benzene rings is 2. The third-order valence-corrected chi connectivity index (χ3v) is 4.81. The molecule has 2 N–H and O–H groups in total. The molecule has 132 valence electrons. The van der Waals surface area contributed by atoms with Crippen LogP contribution in [0.3, 0.4) is 0 Å². The number of methoxy groups -OCH3 is 1. The van der Waals surface area contributed by atoms with Crippen LogP contribution in [0.25, 0.3) is 11.3 Å². The van der Waals surface area contributed by atoms with Crippen molar-refractivity contribution in [3.05, 3.63) is 72.2 Å². The monoisotopic (exact) mass is 347 g/mol. The molecule has 3 aromatic rings. The van der Waals surface area contributed by atoms with Crippen LogP contribution in [0, 0.1) is 5.92 Å². The number of amides is 1. The minimum atomic E-state index is 0.0481. The lowest BCUT2D eigenvalue weighted by Gasteiger charge is -2.04. The molecule has 5 nitrogen and oxygen atoms in total. The summed E-state index contributed by atoms with van der Waals surface area (Å²) in [7, 11) is 1.65. The molecule has 0 saturated heterocycles. The van der Waals surface area contributed by atoms with Gasteiger partial charge in [-0.25, -0.2) is 4.98 Å². The summed E-state index contributed by atoms with van der Waals surface area (Å²) < 4.78 is 5.18. The summed E-state index contributed by atoms with van der Waals surface area (Å²) in [6.07, 6.45) is 2.69. The Labute approximate surface area is 152 Å². The maximum atomic E-state index is 12.4. The Bertz CT molecular complexity index is 887. The van der Waals surface area contributed by atoms with E-state index in [1.54, 1.807) is 13.3 Å². The van der Waals surface area contributed by atoms with Crippen LogP contribution in [0.4, 0.5) is 0 Å². The van der Waals surface area contributed by atoms with Gasteiger partial charge in [0.2, 0.25) is 5.91 Å². The summed E-state index contributed by atoms with van der Waals surface area (Å²) in [6, 6.07) is 18.0. The predicted molar refractivity (Wildman–Crippen MR) is 99.7 cm³/mol. The van der Waals surface area contributed by atoms with Gasteiger partial charge >= 0.3 is 0 Å². The molecule has 5 heteroatoms. The first-order valence-electron chi connectivity index (χ1n) is 8.75. The number of nitrogens with zero attached hydrogens (tertiary/aromatic N) is 1. The molecule has 1 aromatic heterocycles. The van der Waals surface area contributed by atoms with Gasteiger partial charge in [0.25, 0.3) is 0 Å². The Morgan fingerprint density at radius 1 is 1.19 bits per heavy atom.